The van der Waals surface area contributed by atoms with Crippen LogP contribution in [0.3, 0.4) is 0 Å². The van der Waals surface area contributed by atoms with Gasteiger partial charge in [-0.25, -0.2) is 8.78 Å². The van der Waals surface area contributed by atoms with Gasteiger partial charge in [0.2, 0.25) is 0 Å². The highest BCUT2D eigenvalue weighted by Crippen LogP contribution is 2.27. The Morgan fingerprint density at radius 3 is 2.50 bits per heavy atom. The van der Waals surface area contributed by atoms with Crippen LogP contribution < -0.4 is 15.4 Å². The Kier molecular flexibility index (Phi) is 4.08. The molecule has 0 radical (unpaired) electrons. The molecule has 2 aromatic rings. The fraction of sp³-hybridized carbons (Fsp3) is 0.200. The van der Waals surface area contributed by atoms with Gasteiger partial charge in [0, 0.05) is 37.5 Å². The van der Waals surface area contributed by atoms with Crippen molar-refractivity contribution in [3.05, 3.63) is 53.6 Å². The molecule has 2 N–H and O–H groups in total. The summed E-state index contributed by atoms with van der Waals surface area (Å²) in [4.78, 5) is 1.91. The predicted octanol–water partition coefficient (Wildman–Crippen LogP) is 3.19. The average molecular weight is 278 g/mol. The molecule has 0 unspecified atom stereocenters. The maximum Gasteiger partial charge on any atom is 0.144 e. The van der Waals surface area contributed by atoms with Crippen molar-refractivity contribution in [3.8, 4) is 5.75 Å². The van der Waals surface area contributed by atoms with Crippen LogP contribution in [0, 0.1) is 11.6 Å². The van der Waals surface area contributed by atoms with E-state index < -0.39 is 11.6 Å². The van der Waals surface area contributed by atoms with E-state index in [2.05, 4.69) is 0 Å². The van der Waals surface area contributed by atoms with Gasteiger partial charge in [0.25, 0.3) is 0 Å². The number of ether oxygens (including phenoxy) is 1. The first-order valence-corrected chi connectivity index (χ1v) is 6.11. The van der Waals surface area contributed by atoms with Crippen LogP contribution in [0.1, 0.15) is 5.56 Å². The van der Waals surface area contributed by atoms with E-state index in [4.69, 9.17) is 10.5 Å². The molecule has 0 aliphatic carbocycles. The molecule has 3 nitrogen and oxygen atoms in total. The maximum atomic E-state index is 13.5. The van der Waals surface area contributed by atoms with Crippen molar-refractivity contribution in [2.75, 3.05) is 24.7 Å². The van der Waals surface area contributed by atoms with Gasteiger partial charge in [-0.1, -0.05) is 0 Å². The third-order valence-electron chi connectivity index (χ3n) is 2.91. The summed E-state index contributed by atoms with van der Waals surface area (Å²) < 4.78 is 31.8. The van der Waals surface area contributed by atoms with Crippen LogP contribution in [0.5, 0.6) is 5.75 Å². The number of benzene rings is 2. The second kappa shape index (κ2) is 5.77. The summed E-state index contributed by atoms with van der Waals surface area (Å²) in [6.45, 7) is -0.00675. The van der Waals surface area contributed by atoms with Gasteiger partial charge >= 0.3 is 0 Å². The van der Waals surface area contributed by atoms with Crippen molar-refractivity contribution in [2.24, 2.45) is 0 Å². The fourth-order valence-electron chi connectivity index (χ4n) is 1.72. The molecule has 0 fully saturated rings. The molecule has 0 spiro atoms. The summed E-state index contributed by atoms with van der Waals surface area (Å²) in [6.07, 6.45) is 0. The lowest BCUT2D eigenvalue weighted by Crippen LogP contribution is -2.09. The highest BCUT2D eigenvalue weighted by Gasteiger charge is 2.07. The zero-order valence-corrected chi connectivity index (χ0v) is 11.4. The molecule has 0 bridgehead atoms. The summed E-state index contributed by atoms with van der Waals surface area (Å²) in [5.41, 5.74) is 7.49. The number of anilines is 2. The zero-order chi connectivity index (χ0) is 14.7. The molecule has 0 atom stereocenters. The Balaban J connectivity index is 2.16. The molecule has 2 aromatic carbocycles. The number of nitrogens with zero attached hydrogens (tertiary/aromatic N) is 1. The lowest BCUT2D eigenvalue weighted by molar-refractivity contribution is 0.301. The van der Waals surface area contributed by atoms with E-state index in [0.29, 0.717) is 11.4 Å². The van der Waals surface area contributed by atoms with Gasteiger partial charge in [0.15, 0.2) is 0 Å². The highest BCUT2D eigenvalue weighted by atomic mass is 19.1. The van der Waals surface area contributed by atoms with E-state index >= 15 is 0 Å². The summed E-state index contributed by atoms with van der Waals surface area (Å²) in [7, 11) is 3.80. The van der Waals surface area contributed by atoms with Crippen molar-refractivity contribution < 1.29 is 13.5 Å². The molecule has 0 saturated heterocycles. The normalized spacial score (nSPS) is 10.4. The van der Waals surface area contributed by atoms with E-state index in [1.54, 1.807) is 12.1 Å². The van der Waals surface area contributed by atoms with Gasteiger partial charge in [0.1, 0.15) is 24.0 Å². The zero-order valence-electron chi connectivity index (χ0n) is 11.4. The molecule has 106 valence electrons. The fourth-order valence-corrected chi connectivity index (χ4v) is 1.72. The Hall–Kier alpha value is -2.30. The van der Waals surface area contributed by atoms with E-state index in [1.807, 2.05) is 25.1 Å². The Morgan fingerprint density at radius 1 is 1.10 bits per heavy atom. The van der Waals surface area contributed by atoms with Crippen LogP contribution >= 0.6 is 0 Å². The summed E-state index contributed by atoms with van der Waals surface area (Å²) in [6, 6.07) is 8.75. The van der Waals surface area contributed by atoms with Crippen molar-refractivity contribution in [1.29, 1.82) is 0 Å². The second-order valence-electron chi connectivity index (χ2n) is 4.64. The standard InChI is InChI=1S/C15H16F2N2O/c1-19(2)12-5-6-14(18)15(8-12)20-9-10-3-4-11(16)7-13(10)17/h3-8H,9,18H2,1-2H3. The first-order chi connectivity index (χ1) is 9.47. The van der Waals surface area contributed by atoms with Crippen molar-refractivity contribution in [3.63, 3.8) is 0 Å². The molecule has 2 rings (SSSR count). The third-order valence-corrected chi connectivity index (χ3v) is 2.91. The van der Waals surface area contributed by atoms with Crippen molar-refractivity contribution >= 4 is 11.4 Å². The SMILES string of the molecule is CN(C)c1ccc(N)c(OCc2ccc(F)cc2F)c1. The Bertz CT molecular complexity index is 615. The quantitative estimate of drug-likeness (QED) is 0.873. The number of nitrogen functional groups attached to an aromatic ring is 1. The minimum absolute atomic E-state index is 0.00675. The predicted molar refractivity (Wildman–Crippen MR) is 75.9 cm³/mol. The number of hydrogen-bond acceptors (Lipinski definition) is 3. The van der Waals surface area contributed by atoms with Gasteiger partial charge in [0.05, 0.1) is 5.69 Å². The molecule has 20 heavy (non-hydrogen) atoms. The van der Waals surface area contributed by atoms with Crippen LogP contribution in [0.4, 0.5) is 20.2 Å². The summed E-state index contributed by atoms with van der Waals surface area (Å²) >= 11 is 0. The highest BCUT2D eigenvalue weighted by molar-refractivity contribution is 5.61. The van der Waals surface area contributed by atoms with Gasteiger partial charge < -0.3 is 15.4 Å². The van der Waals surface area contributed by atoms with Gasteiger partial charge in [-0.15, -0.1) is 0 Å². The van der Waals surface area contributed by atoms with E-state index in [0.717, 1.165) is 11.8 Å². The molecule has 5 heteroatoms. The van der Waals surface area contributed by atoms with Crippen molar-refractivity contribution in [1.82, 2.24) is 0 Å². The summed E-state index contributed by atoms with van der Waals surface area (Å²) in [5.74, 6) is -0.771. The molecule has 0 saturated carbocycles. The number of rotatable bonds is 4. The first-order valence-electron chi connectivity index (χ1n) is 6.11. The maximum absolute atomic E-state index is 13.5. The monoisotopic (exact) mass is 278 g/mol. The largest absolute Gasteiger partial charge is 0.487 e. The molecular weight excluding hydrogens is 262 g/mol. The van der Waals surface area contributed by atoms with Crippen molar-refractivity contribution in [2.45, 2.75) is 6.61 Å². The molecule has 0 aromatic heterocycles. The average Bonchev–Trinajstić information content (AvgIpc) is 2.39. The van der Waals surface area contributed by atoms with E-state index in [1.165, 1.54) is 12.1 Å². The lowest BCUT2D eigenvalue weighted by Gasteiger charge is -2.16. The van der Waals surface area contributed by atoms with Crippen LogP contribution in [-0.2, 0) is 6.61 Å². The molecule has 0 aliphatic heterocycles. The van der Waals surface area contributed by atoms with E-state index in [9.17, 15) is 8.78 Å². The lowest BCUT2D eigenvalue weighted by atomic mass is 10.2. The van der Waals surface area contributed by atoms with E-state index in [-0.39, 0.29) is 12.2 Å². The Morgan fingerprint density at radius 2 is 1.85 bits per heavy atom. The Labute approximate surface area is 116 Å². The minimum Gasteiger partial charge on any atom is -0.487 e. The van der Waals surface area contributed by atoms with Crippen LogP contribution in [0.15, 0.2) is 36.4 Å². The molecular formula is C15H16F2N2O. The van der Waals surface area contributed by atoms with Gasteiger partial charge in [-0.05, 0) is 24.3 Å². The van der Waals surface area contributed by atoms with Crippen LogP contribution in [-0.4, -0.2) is 14.1 Å². The van der Waals surface area contributed by atoms with Gasteiger partial charge in [-0.2, -0.15) is 0 Å². The van der Waals surface area contributed by atoms with Crippen LogP contribution in [0.25, 0.3) is 0 Å². The topological polar surface area (TPSA) is 38.5 Å². The first kappa shape index (κ1) is 14.1. The molecule has 0 aliphatic rings. The molecule has 0 heterocycles. The second-order valence-corrected chi connectivity index (χ2v) is 4.64. The summed E-state index contributed by atoms with van der Waals surface area (Å²) in [5, 5.41) is 0. The number of nitrogens with two attached hydrogens (primary N) is 1. The minimum atomic E-state index is -0.632. The van der Waals surface area contributed by atoms with Crippen LogP contribution in [0.2, 0.25) is 0 Å². The number of halogens is 2. The molecule has 0 amide bonds. The number of hydrogen-bond donors (Lipinski definition) is 1. The smallest absolute Gasteiger partial charge is 0.144 e. The third kappa shape index (κ3) is 3.17. The van der Waals surface area contributed by atoms with Gasteiger partial charge in [-0.3, -0.25) is 0 Å².